The smallest absolute Gasteiger partial charge is 0.127 e. The molecule has 0 saturated heterocycles. The standard InChI is InChI=1S/C32H34F4INO3Si/c1-30(2)27-9-7-8-10-28(27)37(41-30)31(33,34)32(35,36)40-26-17-13-23(14-18-26)19-21-38(3)29(39)25-15-11-24(12-16-25)20-22-42(4,5)6/h7-18H,19,21H2,1-6H3. The number of alkyl halides is 5. The molecule has 1 heterocycles. The van der Waals surface area contributed by atoms with E-state index in [9.17, 15) is 13.6 Å². The van der Waals surface area contributed by atoms with E-state index in [1.54, 1.807) is 56.1 Å². The molecule has 1 aliphatic heterocycles. The number of hydrogen-bond donors (Lipinski definition) is 0. The van der Waals surface area contributed by atoms with Crippen molar-refractivity contribution in [2.75, 3.05) is 13.6 Å². The number of likely N-dealkylation sites (N-methyl/N-ethyl adjacent to an activating group) is 1. The second-order valence-corrected chi connectivity index (χ2v) is 20.8. The van der Waals surface area contributed by atoms with Crippen molar-refractivity contribution < 1.29 is 30.2 Å². The summed E-state index contributed by atoms with van der Waals surface area (Å²) in [5.74, 6) is 2.62. The van der Waals surface area contributed by atoms with E-state index in [1.165, 1.54) is 30.3 Å². The van der Waals surface area contributed by atoms with Crippen molar-refractivity contribution in [2.24, 2.45) is 0 Å². The van der Waals surface area contributed by atoms with E-state index < -0.39 is 43.9 Å². The second-order valence-electron chi connectivity index (χ2n) is 11.6. The summed E-state index contributed by atoms with van der Waals surface area (Å²) in [6.45, 7) is 10.1. The van der Waals surface area contributed by atoms with Crippen LogP contribution in [-0.2, 0) is 15.1 Å². The van der Waals surface area contributed by atoms with Gasteiger partial charge in [-0.25, -0.2) is 0 Å². The van der Waals surface area contributed by atoms with E-state index in [0.29, 0.717) is 24.1 Å². The Hall–Kier alpha value is -2.88. The predicted molar refractivity (Wildman–Crippen MR) is 168 cm³/mol. The van der Waals surface area contributed by atoms with Gasteiger partial charge in [0.25, 0.3) is 0 Å². The van der Waals surface area contributed by atoms with E-state index in [2.05, 4.69) is 35.8 Å². The monoisotopic (exact) mass is 711 g/mol. The number of rotatable bonds is 8. The maximum absolute atomic E-state index is 15.3. The van der Waals surface area contributed by atoms with Crippen LogP contribution in [0, 0.1) is 15.0 Å². The summed E-state index contributed by atoms with van der Waals surface area (Å²) in [6.07, 6.45) is -4.33. The van der Waals surface area contributed by atoms with Crippen molar-refractivity contribution in [1.82, 2.24) is 4.90 Å². The fourth-order valence-corrected chi connectivity index (χ4v) is 9.83. The number of fused-ring (bicyclic) bond motifs is 1. The molecule has 0 bridgehead atoms. The Kier molecular flexibility index (Phi) is 9.16. The molecule has 3 aromatic carbocycles. The fourth-order valence-electron chi connectivity index (χ4n) is 4.16. The van der Waals surface area contributed by atoms with Gasteiger partial charge in [0.2, 0.25) is 0 Å². The molecule has 0 radical (unpaired) electrons. The summed E-state index contributed by atoms with van der Waals surface area (Å²) in [7, 11) is 0.176. The van der Waals surface area contributed by atoms with Crippen molar-refractivity contribution in [3.05, 3.63) is 98.6 Å². The van der Waals surface area contributed by atoms with Crippen LogP contribution in [0.5, 0.6) is 5.75 Å². The van der Waals surface area contributed by atoms with Crippen LogP contribution in [0.2, 0.25) is 19.6 Å². The summed E-state index contributed by atoms with van der Waals surface area (Å²) in [6, 6.07) is 19.0. The number of amides is 1. The van der Waals surface area contributed by atoms with E-state index in [4.69, 9.17) is 3.07 Å². The van der Waals surface area contributed by atoms with Gasteiger partial charge in [0.15, 0.2) is 0 Å². The van der Waals surface area contributed by atoms with Gasteiger partial charge in [-0.3, -0.25) is 0 Å². The second kappa shape index (κ2) is 12.0. The number of hydrogen-bond acceptors (Lipinski definition) is 3. The molecule has 0 N–H and O–H groups in total. The van der Waals surface area contributed by atoms with Crippen molar-refractivity contribution in [3.63, 3.8) is 0 Å². The molecule has 10 heteroatoms. The number of halogens is 5. The minimum Gasteiger partial charge on any atom is -0.127 e. The molecular weight excluding hydrogens is 677 g/mol. The van der Waals surface area contributed by atoms with Crippen LogP contribution in [0.3, 0.4) is 0 Å². The van der Waals surface area contributed by atoms with Gasteiger partial charge in [0.1, 0.15) is 8.07 Å². The van der Waals surface area contributed by atoms with E-state index in [-0.39, 0.29) is 15.2 Å². The molecule has 0 fully saturated rings. The molecule has 0 spiro atoms. The molecular formula is C32H34F4INO3Si. The van der Waals surface area contributed by atoms with E-state index in [1.807, 2.05) is 12.1 Å². The van der Waals surface area contributed by atoms with Gasteiger partial charge in [0.05, 0.1) is 0 Å². The molecule has 4 nitrogen and oxygen atoms in total. The molecule has 4 rings (SSSR count). The van der Waals surface area contributed by atoms with Gasteiger partial charge in [-0.2, -0.15) is 0 Å². The van der Waals surface area contributed by atoms with Crippen molar-refractivity contribution >= 4 is 34.2 Å². The number of ether oxygens (including phenoxy) is 1. The third-order valence-corrected chi connectivity index (χ3v) is 12.8. The van der Waals surface area contributed by atoms with E-state index >= 15 is 8.78 Å². The van der Waals surface area contributed by atoms with Crippen LogP contribution in [0.25, 0.3) is 0 Å². The first-order valence-corrected chi connectivity index (χ1v) is 20.0. The molecule has 1 amide bonds. The zero-order valence-electron chi connectivity index (χ0n) is 24.4. The Morgan fingerprint density at radius 2 is 1.60 bits per heavy atom. The third kappa shape index (κ3) is 7.18. The van der Waals surface area contributed by atoms with Crippen molar-refractivity contribution in [3.8, 4) is 17.2 Å². The Balaban J connectivity index is 1.36. The summed E-state index contributed by atoms with van der Waals surface area (Å²) >= 11 is -4.14. The minimum absolute atomic E-state index is 0.162. The SMILES string of the molecule is CN(CCc1ccc(OC(F)(F)C(F)(F)I2OC(C)(C)c3ccccc32)cc1)C(=O)c1ccc(C#C[Si](C)(C)C)cc1. The molecule has 3 aromatic rings. The van der Waals surface area contributed by atoms with Crippen LogP contribution in [0.1, 0.15) is 40.9 Å². The quantitative estimate of drug-likeness (QED) is 0.0776. The van der Waals surface area contributed by atoms with Crippen LogP contribution >= 0.6 is 20.2 Å². The molecule has 224 valence electrons. The third-order valence-electron chi connectivity index (χ3n) is 6.49. The van der Waals surface area contributed by atoms with Crippen LogP contribution in [0.4, 0.5) is 17.6 Å². The van der Waals surface area contributed by atoms with E-state index in [0.717, 1.165) is 11.1 Å². The molecule has 42 heavy (non-hydrogen) atoms. The van der Waals surface area contributed by atoms with Crippen LogP contribution < -0.4 is 4.74 Å². The van der Waals surface area contributed by atoms with Crippen molar-refractivity contribution in [1.29, 1.82) is 0 Å². The van der Waals surface area contributed by atoms with Gasteiger partial charge in [-0.05, 0) is 24.3 Å². The van der Waals surface area contributed by atoms with Gasteiger partial charge >= 0.3 is 185 Å². The average molecular weight is 712 g/mol. The zero-order valence-corrected chi connectivity index (χ0v) is 27.6. The minimum atomic E-state index is -4.77. The Labute approximate surface area is 253 Å². The summed E-state index contributed by atoms with van der Waals surface area (Å²) in [5.41, 5.74) is 4.84. The summed E-state index contributed by atoms with van der Waals surface area (Å²) in [5, 5.41) is 0. The van der Waals surface area contributed by atoms with Gasteiger partial charge in [-0.15, -0.1) is 5.54 Å². The van der Waals surface area contributed by atoms with Crippen molar-refractivity contribution in [2.45, 2.75) is 55.5 Å². The maximum atomic E-state index is 15.3. The van der Waals surface area contributed by atoms with Crippen LogP contribution in [0.15, 0.2) is 72.8 Å². The molecule has 0 aromatic heterocycles. The molecule has 0 saturated carbocycles. The first-order chi connectivity index (χ1) is 19.5. The predicted octanol–water partition coefficient (Wildman–Crippen LogP) is 8.35. The molecule has 0 atom stereocenters. The number of benzene rings is 3. The summed E-state index contributed by atoms with van der Waals surface area (Å²) < 4.78 is 66.2. The Morgan fingerprint density at radius 1 is 0.976 bits per heavy atom. The number of carbonyl (C=O) groups is 1. The number of nitrogens with zero attached hydrogens (tertiary/aromatic N) is 1. The Morgan fingerprint density at radius 3 is 2.21 bits per heavy atom. The fraction of sp³-hybridized carbons (Fsp3) is 0.344. The normalized spacial score (nSPS) is 15.4. The van der Waals surface area contributed by atoms with Gasteiger partial charge in [0, 0.05) is 5.56 Å². The zero-order chi connectivity index (χ0) is 30.9. The summed E-state index contributed by atoms with van der Waals surface area (Å²) in [4.78, 5) is 14.4. The van der Waals surface area contributed by atoms with Crippen LogP contribution in [-0.4, -0.2) is 42.5 Å². The first-order valence-electron chi connectivity index (χ1n) is 13.4. The topological polar surface area (TPSA) is 38.8 Å². The molecule has 0 unspecified atom stereocenters. The first kappa shape index (κ1) is 32.0. The molecule has 1 aliphatic rings. The van der Waals surface area contributed by atoms with Gasteiger partial charge < -0.3 is 0 Å². The Bertz CT molecular complexity index is 1490. The van der Waals surface area contributed by atoms with Gasteiger partial charge in [-0.1, -0.05) is 25.6 Å². The average Bonchev–Trinajstić information content (AvgIpc) is 3.22. The number of carbonyl (C=O) groups excluding carboxylic acids is 1. The molecule has 0 aliphatic carbocycles.